The fourth-order valence-corrected chi connectivity index (χ4v) is 3.66. The van der Waals surface area contributed by atoms with E-state index in [-0.39, 0.29) is 0 Å². The summed E-state index contributed by atoms with van der Waals surface area (Å²) in [7, 11) is 0. The van der Waals surface area contributed by atoms with Crippen LogP contribution in [0.2, 0.25) is 0 Å². The highest BCUT2D eigenvalue weighted by Crippen LogP contribution is 2.11. The van der Waals surface area contributed by atoms with Gasteiger partial charge in [-0.3, -0.25) is 0 Å². The minimum Gasteiger partial charge on any atom is -0.328 e. The van der Waals surface area contributed by atoms with Crippen LogP contribution < -0.4 is 5.73 Å². The second-order valence-corrected chi connectivity index (χ2v) is 8.56. The van der Waals surface area contributed by atoms with Crippen LogP contribution in [0.1, 0.15) is 130 Å². The topological polar surface area (TPSA) is 29.3 Å². The minimum absolute atomic E-state index is 0.342. The van der Waals surface area contributed by atoms with E-state index in [9.17, 15) is 0 Å². The number of nitrogens with two attached hydrogens (primary N) is 1. The van der Waals surface area contributed by atoms with Gasteiger partial charge >= 0.3 is 0 Å². The normalized spacial score (nSPS) is 12.8. The molecule has 158 valence electrons. The molecule has 0 rings (SSSR count). The Hall–Kier alpha value is -0.0800. The van der Waals surface area contributed by atoms with Gasteiger partial charge in [0.25, 0.3) is 0 Å². The van der Waals surface area contributed by atoms with Gasteiger partial charge in [0.2, 0.25) is 0 Å². The van der Waals surface area contributed by atoms with E-state index in [4.69, 9.17) is 5.73 Å². The Kier molecular flexibility index (Phi) is 21.2. The van der Waals surface area contributed by atoms with E-state index in [1.807, 2.05) is 0 Å². The lowest BCUT2D eigenvalue weighted by Crippen LogP contribution is -2.31. The van der Waals surface area contributed by atoms with E-state index in [1.165, 1.54) is 122 Å². The maximum Gasteiger partial charge on any atom is 0.00226 e. The standard InChI is InChI=1S/C24H52N2/c1-4-6-8-10-12-14-16-18-21-26(23-20-24(3)25)22-19-17-15-13-11-9-7-5-2/h24H,4-23,25H2,1-3H3. The summed E-state index contributed by atoms with van der Waals surface area (Å²) < 4.78 is 0. The van der Waals surface area contributed by atoms with Gasteiger partial charge in [-0.2, -0.15) is 0 Å². The number of hydrogen-bond donors (Lipinski definition) is 1. The first-order valence-electron chi connectivity index (χ1n) is 12.2. The van der Waals surface area contributed by atoms with Crippen LogP contribution in [0.4, 0.5) is 0 Å². The zero-order chi connectivity index (χ0) is 19.3. The van der Waals surface area contributed by atoms with E-state index in [1.54, 1.807) is 0 Å². The van der Waals surface area contributed by atoms with Crippen molar-refractivity contribution in [2.75, 3.05) is 19.6 Å². The number of rotatable bonds is 21. The molecular formula is C24H52N2. The number of hydrogen-bond acceptors (Lipinski definition) is 2. The highest BCUT2D eigenvalue weighted by Gasteiger charge is 2.06. The molecule has 0 spiro atoms. The van der Waals surface area contributed by atoms with Crippen molar-refractivity contribution in [1.29, 1.82) is 0 Å². The van der Waals surface area contributed by atoms with Crippen molar-refractivity contribution in [1.82, 2.24) is 4.90 Å². The fraction of sp³-hybridized carbons (Fsp3) is 1.00. The number of nitrogens with zero attached hydrogens (tertiary/aromatic N) is 1. The smallest absolute Gasteiger partial charge is 0.00226 e. The summed E-state index contributed by atoms with van der Waals surface area (Å²) in [5.74, 6) is 0. The molecule has 1 unspecified atom stereocenters. The summed E-state index contributed by atoms with van der Waals surface area (Å²) in [6, 6.07) is 0.342. The second-order valence-electron chi connectivity index (χ2n) is 8.56. The SMILES string of the molecule is CCCCCCCCCCN(CCCCCCCCCC)CCC(C)N. The van der Waals surface area contributed by atoms with E-state index in [0.29, 0.717) is 6.04 Å². The van der Waals surface area contributed by atoms with Gasteiger partial charge < -0.3 is 10.6 Å². The molecule has 0 aromatic rings. The first-order chi connectivity index (χ1) is 12.7. The van der Waals surface area contributed by atoms with Crippen LogP contribution in [-0.4, -0.2) is 30.6 Å². The minimum atomic E-state index is 0.342. The second kappa shape index (κ2) is 21.2. The molecule has 0 bridgehead atoms. The molecule has 2 N–H and O–H groups in total. The van der Waals surface area contributed by atoms with Gasteiger partial charge in [-0.1, -0.05) is 104 Å². The Morgan fingerprint density at radius 1 is 0.538 bits per heavy atom. The zero-order valence-corrected chi connectivity index (χ0v) is 18.7. The molecule has 0 heterocycles. The Bertz CT molecular complexity index is 233. The molecule has 0 radical (unpaired) electrons. The molecule has 0 aliphatic rings. The van der Waals surface area contributed by atoms with Crippen LogP contribution in [0.15, 0.2) is 0 Å². The molecule has 26 heavy (non-hydrogen) atoms. The van der Waals surface area contributed by atoms with Crippen LogP contribution in [-0.2, 0) is 0 Å². The van der Waals surface area contributed by atoms with Crippen molar-refractivity contribution >= 4 is 0 Å². The predicted molar refractivity (Wildman–Crippen MR) is 120 cm³/mol. The fourth-order valence-electron chi connectivity index (χ4n) is 3.66. The van der Waals surface area contributed by atoms with E-state index in [2.05, 4.69) is 25.7 Å². The van der Waals surface area contributed by atoms with Crippen LogP contribution in [0.25, 0.3) is 0 Å². The predicted octanol–water partition coefficient (Wildman–Crippen LogP) is 7.31. The largest absolute Gasteiger partial charge is 0.328 e. The van der Waals surface area contributed by atoms with E-state index >= 15 is 0 Å². The van der Waals surface area contributed by atoms with Gasteiger partial charge in [0.15, 0.2) is 0 Å². The summed E-state index contributed by atoms with van der Waals surface area (Å²) in [6.45, 7) is 10.5. The molecule has 2 nitrogen and oxygen atoms in total. The molecular weight excluding hydrogens is 316 g/mol. The lowest BCUT2D eigenvalue weighted by Gasteiger charge is -2.23. The molecule has 0 fully saturated rings. The van der Waals surface area contributed by atoms with Gasteiger partial charge in [0.05, 0.1) is 0 Å². The van der Waals surface area contributed by atoms with Crippen molar-refractivity contribution < 1.29 is 0 Å². The maximum atomic E-state index is 5.98. The van der Waals surface area contributed by atoms with Crippen LogP contribution >= 0.6 is 0 Å². The van der Waals surface area contributed by atoms with Crippen molar-refractivity contribution in [2.45, 2.75) is 136 Å². The van der Waals surface area contributed by atoms with Gasteiger partial charge in [0, 0.05) is 6.04 Å². The molecule has 2 heteroatoms. The summed E-state index contributed by atoms with van der Waals surface area (Å²) in [5, 5.41) is 0. The highest BCUT2D eigenvalue weighted by atomic mass is 15.1. The monoisotopic (exact) mass is 368 g/mol. The molecule has 1 atom stereocenters. The van der Waals surface area contributed by atoms with Gasteiger partial charge in [0.1, 0.15) is 0 Å². The molecule has 0 saturated heterocycles. The third-order valence-corrected chi connectivity index (χ3v) is 5.56. The Balaban J connectivity index is 3.67. The van der Waals surface area contributed by atoms with Crippen molar-refractivity contribution in [3.63, 3.8) is 0 Å². The molecule has 0 amide bonds. The Labute approximate surface area is 166 Å². The number of unbranched alkanes of at least 4 members (excludes halogenated alkanes) is 14. The Morgan fingerprint density at radius 3 is 1.23 bits per heavy atom. The molecule has 0 aliphatic carbocycles. The van der Waals surface area contributed by atoms with Crippen molar-refractivity contribution in [3.8, 4) is 0 Å². The van der Waals surface area contributed by atoms with Gasteiger partial charge in [-0.25, -0.2) is 0 Å². The first-order valence-corrected chi connectivity index (χ1v) is 12.2. The van der Waals surface area contributed by atoms with Crippen LogP contribution in [0, 0.1) is 0 Å². The zero-order valence-electron chi connectivity index (χ0n) is 18.7. The molecule has 0 saturated carbocycles. The summed E-state index contributed by atoms with van der Waals surface area (Å²) in [6.07, 6.45) is 23.8. The van der Waals surface area contributed by atoms with E-state index in [0.717, 1.165) is 6.42 Å². The van der Waals surface area contributed by atoms with Gasteiger partial charge in [-0.15, -0.1) is 0 Å². The highest BCUT2D eigenvalue weighted by molar-refractivity contribution is 4.63. The third-order valence-electron chi connectivity index (χ3n) is 5.56. The Morgan fingerprint density at radius 2 is 0.885 bits per heavy atom. The molecule has 0 aliphatic heterocycles. The van der Waals surface area contributed by atoms with Crippen LogP contribution in [0.5, 0.6) is 0 Å². The summed E-state index contributed by atoms with van der Waals surface area (Å²) in [5.41, 5.74) is 5.98. The van der Waals surface area contributed by atoms with Crippen LogP contribution in [0.3, 0.4) is 0 Å². The third kappa shape index (κ3) is 20.2. The van der Waals surface area contributed by atoms with E-state index < -0.39 is 0 Å². The average Bonchev–Trinajstić information content (AvgIpc) is 2.63. The van der Waals surface area contributed by atoms with Crippen molar-refractivity contribution in [2.24, 2.45) is 5.73 Å². The quantitative estimate of drug-likeness (QED) is 0.215. The van der Waals surface area contributed by atoms with Gasteiger partial charge in [-0.05, 0) is 45.8 Å². The lowest BCUT2D eigenvalue weighted by molar-refractivity contribution is 0.252. The maximum absolute atomic E-state index is 5.98. The lowest BCUT2D eigenvalue weighted by atomic mass is 10.1. The summed E-state index contributed by atoms with van der Waals surface area (Å²) >= 11 is 0. The van der Waals surface area contributed by atoms with Crippen molar-refractivity contribution in [3.05, 3.63) is 0 Å². The summed E-state index contributed by atoms with van der Waals surface area (Å²) in [4.78, 5) is 2.69. The molecule has 0 aromatic heterocycles. The average molecular weight is 369 g/mol. The first kappa shape index (κ1) is 25.9. The molecule has 0 aromatic carbocycles.